The van der Waals surface area contributed by atoms with Crippen molar-refractivity contribution in [3.63, 3.8) is 0 Å². The van der Waals surface area contributed by atoms with E-state index >= 15 is 0 Å². The van der Waals surface area contributed by atoms with Crippen LogP contribution in [0, 0.1) is 29.6 Å². The number of hydrogen-bond donors (Lipinski definition) is 1. The average Bonchev–Trinajstić information content (AvgIpc) is 3.45. The van der Waals surface area contributed by atoms with Gasteiger partial charge in [-0.15, -0.1) is 21.5 Å². The molecule has 0 saturated heterocycles. The fraction of sp³-hybridized carbons (Fsp3) is 0.500. The molecule has 3 aromatic rings. The van der Waals surface area contributed by atoms with Gasteiger partial charge in [0.2, 0.25) is 5.91 Å². The molecule has 1 amide bonds. The van der Waals surface area contributed by atoms with Crippen LogP contribution in [0.3, 0.4) is 0 Å². The van der Waals surface area contributed by atoms with Crippen molar-refractivity contribution in [2.75, 3.05) is 11.1 Å². The van der Waals surface area contributed by atoms with Gasteiger partial charge in [-0.2, -0.15) is 5.26 Å². The summed E-state index contributed by atoms with van der Waals surface area (Å²) in [4.78, 5) is 14.1. The van der Waals surface area contributed by atoms with E-state index in [0.717, 1.165) is 48.4 Å². The van der Waals surface area contributed by atoms with Gasteiger partial charge >= 0.3 is 0 Å². The predicted octanol–water partition coefficient (Wildman–Crippen LogP) is 6.39. The fourth-order valence-corrected chi connectivity index (χ4v) is 6.87. The van der Waals surface area contributed by atoms with Crippen molar-refractivity contribution in [1.82, 2.24) is 14.8 Å². The normalized spacial score (nSPS) is 15.2. The van der Waals surface area contributed by atoms with Crippen molar-refractivity contribution >= 4 is 34.0 Å². The van der Waals surface area contributed by atoms with Crippen molar-refractivity contribution < 1.29 is 9.53 Å². The quantitative estimate of drug-likeness (QED) is 0.301. The number of thioether (sulfide) groups is 1. The van der Waals surface area contributed by atoms with Crippen LogP contribution in [0.25, 0.3) is 0 Å². The summed E-state index contributed by atoms with van der Waals surface area (Å²) in [7, 11) is 0. The van der Waals surface area contributed by atoms with Crippen LogP contribution in [0.1, 0.15) is 67.9 Å². The third kappa shape index (κ3) is 6.02. The molecule has 1 aliphatic carbocycles. The molecule has 1 aromatic carbocycles. The van der Waals surface area contributed by atoms with Gasteiger partial charge in [-0.05, 0) is 61.6 Å². The van der Waals surface area contributed by atoms with Crippen LogP contribution in [0.4, 0.5) is 5.00 Å². The van der Waals surface area contributed by atoms with Crippen LogP contribution in [0.2, 0.25) is 0 Å². The lowest BCUT2D eigenvalue weighted by Crippen LogP contribution is -2.28. The van der Waals surface area contributed by atoms with Crippen LogP contribution in [-0.4, -0.2) is 26.4 Å². The first-order chi connectivity index (χ1) is 17.8. The Morgan fingerprint density at radius 2 is 2.11 bits per heavy atom. The van der Waals surface area contributed by atoms with Gasteiger partial charge in [0.25, 0.3) is 0 Å². The number of aromatic nitrogens is 3. The maximum absolute atomic E-state index is 12.9. The van der Waals surface area contributed by atoms with Crippen molar-refractivity contribution in [2.24, 2.45) is 11.3 Å². The topological polar surface area (TPSA) is 92.8 Å². The molecule has 0 saturated carbocycles. The van der Waals surface area contributed by atoms with Crippen LogP contribution < -0.4 is 10.1 Å². The second-order valence-electron chi connectivity index (χ2n) is 10.1. The Morgan fingerprint density at radius 1 is 1.32 bits per heavy atom. The average molecular weight is 538 g/mol. The molecule has 0 bridgehead atoms. The van der Waals surface area contributed by atoms with Crippen LogP contribution in [-0.2, 0) is 30.8 Å². The Labute approximate surface area is 227 Å². The molecule has 0 radical (unpaired) electrons. The summed E-state index contributed by atoms with van der Waals surface area (Å²) >= 11 is 2.91. The maximum atomic E-state index is 12.9. The number of thiophene rings is 1. The van der Waals surface area contributed by atoms with E-state index in [2.05, 4.69) is 42.4 Å². The number of nitrogens with one attached hydrogen (secondary N) is 1. The van der Waals surface area contributed by atoms with Gasteiger partial charge in [0.1, 0.15) is 23.4 Å². The van der Waals surface area contributed by atoms with Crippen molar-refractivity contribution in [2.45, 2.75) is 78.6 Å². The number of para-hydroxylation sites is 1. The predicted molar refractivity (Wildman–Crippen MR) is 149 cm³/mol. The standard InChI is InChI=1S/C28H35N5O2S2/c1-6-28(4,5)19-12-13-20-21(15-29)26(37-23(20)14-19)30-25(34)17-36-27-32-31-24(33(27)7-2)16-35-22-11-9-8-10-18(22)3/h8-11,19H,6-7,12-14,16-17H2,1-5H3,(H,30,34). The van der Waals surface area contributed by atoms with Crippen LogP contribution in [0.15, 0.2) is 29.4 Å². The Bertz CT molecular complexity index is 1300. The SMILES string of the molecule is CCn1c(COc2ccccc2C)nnc1SCC(=O)Nc1sc2c(c1C#N)CCC(C(C)(C)CC)C2. The number of nitriles is 1. The molecule has 1 atom stereocenters. The van der Waals surface area contributed by atoms with E-state index in [4.69, 9.17) is 4.74 Å². The molecule has 37 heavy (non-hydrogen) atoms. The third-order valence-electron chi connectivity index (χ3n) is 7.54. The Balaban J connectivity index is 1.39. The molecular formula is C28H35N5O2S2. The molecular weight excluding hydrogens is 502 g/mol. The first kappa shape index (κ1) is 27.2. The lowest BCUT2D eigenvalue weighted by molar-refractivity contribution is -0.113. The van der Waals surface area contributed by atoms with E-state index in [-0.39, 0.29) is 17.1 Å². The number of rotatable bonds is 10. The molecule has 0 aliphatic heterocycles. The minimum Gasteiger partial charge on any atom is -0.485 e. The fourth-order valence-electron chi connectivity index (χ4n) is 4.75. The Kier molecular flexibility index (Phi) is 8.60. The lowest BCUT2D eigenvalue weighted by Gasteiger charge is -2.36. The number of aryl methyl sites for hydroxylation is 1. The summed E-state index contributed by atoms with van der Waals surface area (Å²) in [5.74, 6) is 2.18. The third-order valence-corrected chi connectivity index (χ3v) is 9.68. The van der Waals surface area contributed by atoms with Gasteiger partial charge < -0.3 is 14.6 Å². The summed E-state index contributed by atoms with van der Waals surface area (Å²) in [5.41, 5.74) is 3.10. The second kappa shape index (κ2) is 11.7. The molecule has 4 rings (SSSR count). The summed E-state index contributed by atoms with van der Waals surface area (Å²) < 4.78 is 7.91. The first-order valence-corrected chi connectivity index (χ1v) is 14.6. The van der Waals surface area contributed by atoms with E-state index in [1.165, 1.54) is 16.6 Å². The zero-order chi connectivity index (χ0) is 26.6. The number of benzene rings is 1. The van der Waals surface area contributed by atoms with Gasteiger partial charge in [0.05, 0.1) is 11.3 Å². The van der Waals surface area contributed by atoms with E-state index in [1.807, 2.05) is 42.7 Å². The largest absolute Gasteiger partial charge is 0.485 e. The van der Waals surface area contributed by atoms with E-state index < -0.39 is 0 Å². The van der Waals surface area contributed by atoms with Gasteiger partial charge in [0, 0.05) is 11.4 Å². The summed E-state index contributed by atoms with van der Waals surface area (Å²) in [5, 5.41) is 22.8. The van der Waals surface area contributed by atoms with Crippen molar-refractivity contribution in [3.8, 4) is 11.8 Å². The molecule has 1 aliphatic rings. The van der Waals surface area contributed by atoms with E-state index in [9.17, 15) is 10.1 Å². The van der Waals surface area contributed by atoms with Gasteiger partial charge in [-0.3, -0.25) is 4.79 Å². The van der Waals surface area contributed by atoms with Crippen molar-refractivity contribution in [1.29, 1.82) is 5.26 Å². The number of anilines is 1. The summed E-state index contributed by atoms with van der Waals surface area (Å²) in [6.07, 6.45) is 4.10. The number of nitrogens with zero attached hydrogens (tertiary/aromatic N) is 4. The van der Waals surface area contributed by atoms with Gasteiger partial charge in [0.15, 0.2) is 11.0 Å². The number of carbonyl (C=O) groups is 1. The highest BCUT2D eigenvalue weighted by Gasteiger charge is 2.34. The van der Waals surface area contributed by atoms with Crippen LogP contribution in [0.5, 0.6) is 5.75 Å². The zero-order valence-electron chi connectivity index (χ0n) is 22.3. The lowest BCUT2D eigenvalue weighted by atomic mass is 9.69. The highest BCUT2D eigenvalue weighted by atomic mass is 32.2. The molecule has 9 heteroatoms. The highest BCUT2D eigenvalue weighted by molar-refractivity contribution is 7.99. The second-order valence-corrected chi connectivity index (χ2v) is 12.2. The van der Waals surface area contributed by atoms with E-state index in [1.54, 1.807) is 11.3 Å². The number of carbonyl (C=O) groups excluding carboxylic acids is 1. The van der Waals surface area contributed by atoms with Crippen molar-refractivity contribution in [3.05, 3.63) is 51.7 Å². The number of hydrogen-bond acceptors (Lipinski definition) is 7. The smallest absolute Gasteiger partial charge is 0.235 e. The molecule has 1 unspecified atom stereocenters. The molecule has 0 fully saturated rings. The molecule has 1 N–H and O–H groups in total. The number of amides is 1. The first-order valence-electron chi connectivity index (χ1n) is 12.8. The summed E-state index contributed by atoms with van der Waals surface area (Å²) in [6, 6.07) is 10.2. The zero-order valence-corrected chi connectivity index (χ0v) is 23.9. The maximum Gasteiger partial charge on any atom is 0.235 e. The molecule has 0 spiro atoms. The minimum atomic E-state index is -0.145. The van der Waals surface area contributed by atoms with Gasteiger partial charge in [-0.25, -0.2) is 0 Å². The monoisotopic (exact) mass is 537 g/mol. The van der Waals surface area contributed by atoms with E-state index in [0.29, 0.717) is 34.8 Å². The highest BCUT2D eigenvalue weighted by Crippen LogP contribution is 2.45. The van der Waals surface area contributed by atoms with Gasteiger partial charge in [-0.1, -0.05) is 57.2 Å². The van der Waals surface area contributed by atoms with Crippen LogP contribution >= 0.6 is 23.1 Å². The molecule has 2 aromatic heterocycles. The number of ether oxygens (including phenoxy) is 1. The Morgan fingerprint density at radius 3 is 2.81 bits per heavy atom. The molecule has 7 nitrogen and oxygen atoms in total. The minimum absolute atomic E-state index is 0.145. The number of fused-ring (bicyclic) bond motifs is 1. The Hall–Kier alpha value is -2.83. The molecule has 2 heterocycles. The summed E-state index contributed by atoms with van der Waals surface area (Å²) in [6.45, 7) is 11.9. The molecule has 196 valence electrons.